The summed E-state index contributed by atoms with van der Waals surface area (Å²) in [5.41, 5.74) is 4.49. The number of rotatable bonds is 6. The number of nitrogens with one attached hydrogen (secondary N) is 1. The number of thiazole rings is 1. The van der Waals surface area contributed by atoms with Crippen LogP contribution in [0.4, 0.5) is 0 Å². The van der Waals surface area contributed by atoms with Gasteiger partial charge in [-0.05, 0) is 45.2 Å². The SMILES string of the molecule is Cc1ccc(-n2nnc(-c3nc(C)c(C(=O)NCCC(C)C)s3)c2C)cc1. The minimum Gasteiger partial charge on any atom is -0.351 e. The van der Waals surface area contributed by atoms with Gasteiger partial charge in [0.25, 0.3) is 5.91 Å². The molecule has 7 heteroatoms. The molecule has 0 spiro atoms. The first-order valence-corrected chi connectivity index (χ1v) is 9.93. The third-order valence-electron chi connectivity index (χ3n) is 4.39. The summed E-state index contributed by atoms with van der Waals surface area (Å²) in [6, 6.07) is 8.12. The molecule has 0 aliphatic rings. The zero-order chi connectivity index (χ0) is 19.6. The highest BCUT2D eigenvalue weighted by molar-refractivity contribution is 7.17. The molecule has 0 aliphatic heterocycles. The van der Waals surface area contributed by atoms with Crippen molar-refractivity contribution in [1.29, 1.82) is 0 Å². The van der Waals surface area contributed by atoms with Crippen molar-refractivity contribution in [2.24, 2.45) is 5.92 Å². The van der Waals surface area contributed by atoms with Crippen LogP contribution in [-0.2, 0) is 0 Å². The van der Waals surface area contributed by atoms with Crippen molar-refractivity contribution in [2.45, 2.75) is 41.0 Å². The molecule has 0 saturated carbocycles. The van der Waals surface area contributed by atoms with Crippen LogP contribution >= 0.6 is 11.3 Å². The molecule has 0 fully saturated rings. The number of aryl methyl sites for hydroxylation is 2. The minimum absolute atomic E-state index is 0.0690. The van der Waals surface area contributed by atoms with Gasteiger partial charge >= 0.3 is 0 Å². The van der Waals surface area contributed by atoms with E-state index in [9.17, 15) is 4.79 Å². The van der Waals surface area contributed by atoms with Gasteiger partial charge in [0.15, 0.2) is 0 Å². The monoisotopic (exact) mass is 383 g/mol. The number of carbonyl (C=O) groups excluding carboxylic acids is 1. The molecular formula is C20H25N5OS. The van der Waals surface area contributed by atoms with Crippen LogP contribution in [0.15, 0.2) is 24.3 Å². The summed E-state index contributed by atoms with van der Waals surface area (Å²) >= 11 is 1.37. The summed E-state index contributed by atoms with van der Waals surface area (Å²) in [5.74, 6) is 0.489. The fraction of sp³-hybridized carbons (Fsp3) is 0.400. The smallest absolute Gasteiger partial charge is 0.263 e. The van der Waals surface area contributed by atoms with Crippen molar-refractivity contribution in [3.63, 3.8) is 0 Å². The van der Waals surface area contributed by atoms with E-state index in [1.54, 1.807) is 4.68 Å². The van der Waals surface area contributed by atoms with Crippen LogP contribution in [0.2, 0.25) is 0 Å². The lowest BCUT2D eigenvalue weighted by atomic mass is 10.1. The van der Waals surface area contributed by atoms with E-state index >= 15 is 0 Å². The van der Waals surface area contributed by atoms with Crippen molar-refractivity contribution in [1.82, 2.24) is 25.3 Å². The fourth-order valence-electron chi connectivity index (χ4n) is 2.72. The van der Waals surface area contributed by atoms with Gasteiger partial charge in [-0.1, -0.05) is 36.8 Å². The molecule has 6 nitrogen and oxygen atoms in total. The Balaban J connectivity index is 1.84. The van der Waals surface area contributed by atoms with Gasteiger partial charge < -0.3 is 5.32 Å². The van der Waals surface area contributed by atoms with Crippen LogP contribution in [0.3, 0.4) is 0 Å². The second-order valence-corrected chi connectivity index (χ2v) is 8.14. The number of carbonyl (C=O) groups is 1. The van der Waals surface area contributed by atoms with Gasteiger partial charge in [0.05, 0.1) is 17.1 Å². The van der Waals surface area contributed by atoms with E-state index in [-0.39, 0.29) is 5.91 Å². The van der Waals surface area contributed by atoms with Crippen molar-refractivity contribution in [3.8, 4) is 16.4 Å². The standard InChI is InChI=1S/C20H25N5OS/c1-12(2)10-11-21-19(26)18-14(4)22-20(27-18)17-15(5)25(24-23-17)16-8-6-13(3)7-9-16/h6-9,12H,10-11H2,1-5H3,(H,21,26). The van der Waals surface area contributed by atoms with E-state index in [4.69, 9.17) is 0 Å². The summed E-state index contributed by atoms with van der Waals surface area (Å²) in [7, 11) is 0. The fourth-order valence-corrected chi connectivity index (χ4v) is 3.74. The van der Waals surface area contributed by atoms with E-state index in [1.165, 1.54) is 16.9 Å². The Hall–Kier alpha value is -2.54. The first kappa shape index (κ1) is 19.2. The third-order valence-corrected chi connectivity index (χ3v) is 5.55. The highest BCUT2D eigenvalue weighted by Gasteiger charge is 2.20. The van der Waals surface area contributed by atoms with Crippen LogP contribution in [0, 0.1) is 26.7 Å². The van der Waals surface area contributed by atoms with Crippen molar-refractivity contribution < 1.29 is 4.79 Å². The molecule has 27 heavy (non-hydrogen) atoms. The number of hydrogen-bond acceptors (Lipinski definition) is 5. The Morgan fingerprint density at radius 2 is 1.89 bits per heavy atom. The lowest BCUT2D eigenvalue weighted by molar-refractivity contribution is 0.0955. The average Bonchev–Trinajstić information content (AvgIpc) is 3.18. The van der Waals surface area contributed by atoms with E-state index < -0.39 is 0 Å². The van der Waals surface area contributed by atoms with Crippen LogP contribution in [0.1, 0.15) is 46.9 Å². The topological polar surface area (TPSA) is 72.7 Å². The van der Waals surface area contributed by atoms with Gasteiger partial charge in [-0.3, -0.25) is 4.79 Å². The molecule has 0 atom stereocenters. The molecule has 0 unspecified atom stereocenters. The Bertz CT molecular complexity index is 940. The van der Waals surface area contributed by atoms with Crippen molar-refractivity contribution in [3.05, 3.63) is 46.1 Å². The van der Waals surface area contributed by atoms with Crippen LogP contribution in [0.25, 0.3) is 16.4 Å². The Morgan fingerprint density at radius 1 is 1.19 bits per heavy atom. The number of hydrogen-bond donors (Lipinski definition) is 1. The van der Waals surface area contributed by atoms with E-state index in [1.807, 2.05) is 38.1 Å². The maximum Gasteiger partial charge on any atom is 0.263 e. The highest BCUT2D eigenvalue weighted by atomic mass is 32.1. The zero-order valence-electron chi connectivity index (χ0n) is 16.4. The summed E-state index contributed by atoms with van der Waals surface area (Å²) in [6.07, 6.45) is 0.959. The van der Waals surface area contributed by atoms with Gasteiger partial charge in [-0.25, -0.2) is 9.67 Å². The number of aromatic nitrogens is 4. The Labute approximate surface area is 163 Å². The predicted octanol–water partition coefficient (Wildman–Crippen LogP) is 4.09. The van der Waals surface area contributed by atoms with Crippen molar-refractivity contribution >= 4 is 17.2 Å². The molecule has 0 radical (unpaired) electrons. The van der Waals surface area contributed by atoms with E-state index in [0.717, 1.165) is 28.5 Å². The summed E-state index contributed by atoms with van der Waals surface area (Å²) in [5, 5.41) is 12.3. The summed E-state index contributed by atoms with van der Waals surface area (Å²) in [6.45, 7) is 10.8. The number of nitrogens with zero attached hydrogens (tertiary/aromatic N) is 4. The quantitative estimate of drug-likeness (QED) is 0.696. The summed E-state index contributed by atoms with van der Waals surface area (Å²) in [4.78, 5) is 17.7. The number of benzene rings is 1. The maximum atomic E-state index is 12.5. The summed E-state index contributed by atoms with van der Waals surface area (Å²) < 4.78 is 1.80. The molecule has 2 aromatic heterocycles. The normalized spacial score (nSPS) is 11.2. The van der Waals surface area contributed by atoms with Crippen molar-refractivity contribution in [2.75, 3.05) is 6.54 Å². The Morgan fingerprint density at radius 3 is 2.56 bits per heavy atom. The van der Waals surface area contributed by atoms with Gasteiger partial charge in [0.1, 0.15) is 15.6 Å². The van der Waals surface area contributed by atoms with Gasteiger partial charge in [0, 0.05) is 6.54 Å². The molecule has 0 bridgehead atoms. The molecule has 2 heterocycles. The highest BCUT2D eigenvalue weighted by Crippen LogP contribution is 2.29. The average molecular weight is 384 g/mol. The third kappa shape index (κ3) is 4.24. The largest absolute Gasteiger partial charge is 0.351 e. The lowest BCUT2D eigenvalue weighted by Crippen LogP contribution is -2.25. The first-order chi connectivity index (χ1) is 12.9. The van der Waals surface area contributed by atoms with Crippen LogP contribution < -0.4 is 5.32 Å². The molecule has 1 aromatic carbocycles. The van der Waals surface area contributed by atoms with Crippen LogP contribution in [-0.4, -0.2) is 32.4 Å². The molecule has 1 amide bonds. The zero-order valence-corrected chi connectivity index (χ0v) is 17.2. The minimum atomic E-state index is -0.0690. The van der Waals surface area contributed by atoms with Crippen LogP contribution in [0.5, 0.6) is 0 Å². The van der Waals surface area contributed by atoms with Gasteiger partial charge in [-0.15, -0.1) is 16.4 Å². The predicted molar refractivity (Wildman–Crippen MR) is 108 cm³/mol. The second-order valence-electron chi connectivity index (χ2n) is 7.14. The molecular weight excluding hydrogens is 358 g/mol. The van der Waals surface area contributed by atoms with Gasteiger partial charge in [-0.2, -0.15) is 0 Å². The first-order valence-electron chi connectivity index (χ1n) is 9.12. The number of amides is 1. The molecule has 0 saturated heterocycles. The molecule has 0 aliphatic carbocycles. The molecule has 3 aromatic rings. The second kappa shape index (κ2) is 8.00. The Kier molecular flexibility index (Phi) is 5.70. The molecule has 142 valence electrons. The van der Waals surface area contributed by atoms with E-state index in [2.05, 4.69) is 41.4 Å². The van der Waals surface area contributed by atoms with Gasteiger partial charge in [0.2, 0.25) is 0 Å². The maximum absolute atomic E-state index is 12.5. The molecule has 1 N–H and O–H groups in total. The van der Waals surface area contributed by atoms with E-state index in [0.29, 0.717) is 23.0 Å². The molecule has 3 rings (SSSR count). The lowest BCUT2D eigenvalue weighted by Gasteiger charge is -2.05.